The third kappa shape index (κ3) is 19.3. The van der Waals surface area contributed by atoms with Gasteiger partial charge in [0.2, 0.25) is 0 Å². The Balaban J connectivity index is 0.808. The lowest BCUT2D eigenvalue weighted by Crippen LogP contribution is -2.52. The normalized spacial score (nSPS) is 22.3. The number of aryl methyl sites for hydroxylation is 1. The minimum Gasteiger partial charge on any atom is -0.459 e. The van der Waals surface area contributed by atoms with Gasteiger partial charge in [0.05, 0.1) is 63.3 Å². The molecular weight excluding hydrogens is 1520 g/mol. The first-order valence-corrected chi connectivity index (χ1v) is 40.0. The van der Waals surface area contributed by atoms with Crippen molar-refractivity contribution in [1.82, 2.24) is 71.5 Å². The lowest BCUT2D eigenvalue weighted by molar-refractivity contribution is -0.132. The minimum absolute atomic E-state index is 0.0116. The van der Waals surface area contributed by atoms with E-state index >= 15 is 13.7 Å². The number of nitrogens with zero attached hydrogens (tertiary/aromatic N) is 13. The zero-order valence-electron chi connectivity index (χ0n) is 62.0. The summed E-state index contributed by atoms with van der Waals surface area (Å²) in [4.78, 5) is 136. The highest BCUT2D eigenvalue weighted by Gasteiger charge is 2.49. The van der Waals surface area contributed by atoms with Gasteiger partial charge in [0, 0.05) is 79.8 Å². The molecule has 0 radical (unpaired) electrons. The number of carbonyl (C=O) groups is 4. The van der Waals surface area contributed by atoms with Crippen LogP contribution in [0.1, 0.15) is 71.9 Å². The summed E-state index contributed by atoms with van der Waals surface area (Å²) >= 11 is 0. The van der Waals surface area contributed by atoms with Gasteiger partial charge in [0.25, 0.3) is 23.3 Å². The van der Waals surface area contributed by atoms with Crippen LogP contribution >= 0.6 is 23.0 Å². The third-order valence-corrected chi connectivity index (χ3v) is 26.0. The molecule has 4 aromatic carbocycles. The van der Waals surface area contributed by atoms with Gasteiger partial charge in [0.1, 0.15) is 30.2 Å². The first-order chi connectivity index (χ1) is 53.6. The van der Waals surface area contributed by atoms with Gasteiger partial charge >= 0.3 is 51.7 Å². The molecule has 594 valence electrons. The maximum Gasteiger partial charge on any atom is 0.351 e. The Bertz CT molecular complexity index is 5160. The zero-order valence-corrected chi connectivity index (χ0v) is 64.7. The molecule has 3 amide bonds. The molecule has 0 bridgehead atoms. The van der Waals surface area contributed by atoms with E-state index in [9.17, 15) is 43.2 Å². The number of benzene rings is 4. The number of aromatic amines is 1. The quantitative estimate of drug-likeness (QED) is 0.0335. The van der Waals surface area contributed by atoms with Crippen molar-refractivity contribution in [2.24, 2.45) is 0 Å². The lowest BCUT2D eigenvalue weighted by atomic mass is 10.2. The summed E-state index contributed by atoms with van der Waals surface area (Å²) in [7, 11) is -4.19. The molecule has 4 saturated heterocycles. The number of rotatable bonds is 28. The Kier molecular flexibility index (Phi) is 26.2. The lowest BCUT2D eigenvalue weighted by Gasteiger charge is -2.45. The van der Waals surface area contributed by atoms with E-state index in [4.69, 9.17) is 37.3 Å². The molecule has 0 spiro atoms. The molecule has 8 aromatic rings. The van der Waals surface area contributed by atoms with E-state index in [2.05, 4.69) is 41.2 Å². The highest BCUT2D eigenvalue weighted by atomic mass is 31.2. The van der Waals surface area contributed by atoms with Crippen LogP contribution in [0.3, 0.4) is 0 Å². The molecule has 0 unspecified atom stereocenters. The molecule has 4 fully saturated rings. The van der Waals surface area contributed by atoms with Crippen molar-refractivity contribution in [2.75, 3.05) is 137 Å². The first kappa shape index (κ1) is 81.7. The van der Waals surface area contributed by atoms with Crippen LogP contribution in [0.2, 0.25) is 0 Å². The molecule has 112 heavy (non-hydrogen) atoms. The summed E-state index contributed by atoms with van der Waals surface area (Å²) in [5, 5.41) is 11.1. The zero-order chi connectivity index (χ0) is 79.6. The highest BCUT2D eigenvalue weighted by Crippen LogP contribution is 2.58. The van der Waals surface area contributed by atoms with Crippen LogP contribution in [0.4, 0.5) is 17.5 Å². The van der Waals surface area contributed by atoms with E-state index in [0.717, 1.165) is 13.7 Å². The number of H-pyrrole nitrogens is 1. The smallest absolute Gasteiger partial charge is 0.351 e. The van der Waals surface area contributed by atoms with Crippen molar-refractivity contribution in [3.8, 4) is 0 Å². The Morgan fingerprint density at radius 3 is 1.13 bits per heavy atom. The summed E-state index contributed by atoms with van der Waals surface area (Å²) in [6.07, 6.45) is -3.99. The van der Waals surface area contributed by atoms with Crippen molar-refractivity contribution < 1.29 is 70.1 Å². The number of aromatic nitrogens is 8. The second-order valence-electron chi connectivity index (χ2n) is 26.9. The van der Waals surface area contributed by atoms with E-state index in [-0.39, 0.29) is 93.1 Å². The molecular formula is C71H85N18O20P3. The number of hydrogen-bond donors (Lipinski definition) is 5. The predicted molar refractivity (Wildman–Crippen MR) is 406 cm³/mol. The summed E-state index contributed by atoms with van der Waals surface area (Å²) in [6.45, 7) is -1.87. The van der Waals surface area contributed by atoms with E-state index < -0.39 is 144 Å². The predicted octanol–water partition coefficient (Wildman–Crippen LogP) is 4.37. The molecule has 5 N–H and O–H groups in total. The standard InChI is InChI=1S/C71H85N18O20P3/c1-47-36-89(71(98)79-63(47)90)62-42-85(110(99,80(2)3)103-44-52-34-72-35-59(106-52)86-31-28-56(76-68(86)95)73-64(91)48-20-12-8-13-21-48)39-55(109-62)46-105-112(101,82(6)7)84-38-54(108-61(41-84)88-33-30-58(78-70(88)97)75-66(93)50-24-16-10-17-25-50)45-104-111(100,81(4)5)83-37-53(43-102-67(94)51-26-18-11-19-27-51)107-60(40-83)87-32-29-57(77-69(87)96)74-65(92)49-22-14-9-15-23-49/h8-33,36,52-55,59-62,72H,34-35,37-46H2,1-7H3,(H,79,90,98)(H,73,76,91,95)(H,74,77,92,96)(H,75,78,93,97)/t52-,53-,54-,55-,59+,60+,61+,62+,110-,111-,112-/m0/s1. The van der Waals surface area contributed by atoms with Gasteiger partial charge in [-0.3, -0.25) is 56.1 Å². The maximum atomic E-state index is 16.3. The molecule has 0 aliphatic carbocycles. The second-order valence-corrected chi connectivity index (χ2v) is 34.8. The summed E-state index contributed by atoms with van der Waals surface area (Å²) in [5.74, 6) is -2.44. The SMILES string of the molecule is Cc1cn([C@H]2CN([P@@](=O)(OC[C@@H]3CNC[C@H](n4ccc(NC(=O)c5ccccc5)nc4=O)O3)N(C)C)C[C@@H](CO[P@@](=O)(N(C)C)N3C[C@@H](CO[P@@](=O)(N(C)C)N4C[C@@H](COC(=O)c5ccccc5)O[C@@H](n5ccc(NC(=O)c6ccccc6)nc5=O)C4)O[C@@H](n4ccc(NC(=O)c5ccccc5)nc4=O)C3)O2)c(=O)[nH]c1=O. The second kappa shape index (κ2) is 35.9. The third-order valence-electron chi connectivity index (χ3n) is 18.4. The number of carbonyl (C=O) groups excluding carboxylic acids is 4. The summed E-state index contributed by atoms with van der Waals surface area (Å²) in [6, 6.07) is 37.2. The van der Waals surface area contributed by atoms with Gasteiger partial charge in [-0.1, -0.05) is 72.8 Å². The van der Waals surface area contributed by atoms with Crippen molar-refractivity contribution in [3.63, 3.8) is 0 Å². The van der Waals surface area contributed by atoms with Gasteiger partial charge in [-0.15, -0.1) is 0 Å². The van der Waals surface area contributed by atoms with E-state index in [1.165, 1.54) is 125 Å². The average molecular weight is 1600 g/mol. The molecule has 4 aromatic heterocycles. The molecule has 12 rings (SSSR count). The minimum atomic E-state index is -4.49. The van der Waals surface area contributed by atoms with Gasteiger partial charge in [0.15, 0.2) is 24.9 Å². The van der Waals surface area contributed by atoms with Crippen LogP contribution in [0.15, 0.2) is 188 Å². The molecule has 38 nitrogen and oxygen atoms in total. The molecule has 8 heterocycles. The van der Waals surface area contributed by atoms with Gasteiger partial charge < -0.3 is 58.5 Å². The fourth-order valence-electron chi connectivity index (χ4n) is 12.7. The Morgan fingerprint density at radius 2 is 0.768 bits per heavy atom. The molecule has 4 aliphatic rings. The fourth-order valence-corrected chi connectivity index (χ4v) is 18.6. The Labute approximate surface area is 640 Å². The number of morpholine rings is 4. The van der Waals surface area contributed by atoms with Gasteiger partial charge in [-0.05, 0) is 116 Å². The molecule has 0 saturated carbocycles. The fraction of sp³-hybridized carbons (Fsp3) is 0.380. The number of amides is 3. The van der Waals surface area contributed by atoms with E-state index in [1.807, 2.05) is 0 Å². The van der Waals surface area contributed by atoms with E-state index in [1.54, 1.807) is 121 Å². The van der Waals surface area contributed by atoms with Crippen LogP contribution in [-0.2, 0) is 51.0 Å². The van der Waals surface area contributed by atoms with Gasteiger partial charge in [-0.25, -0.2) is 52.0 Å². The van der Waals surface area contributed by atoms with Crippen LogP contribution in [0.5, 0.6) is 0 Å². The van der Waals surface area contributed by atoms with Crippen molar-refractivity contribution in [1.29, 1.82) is 0 Å². The van der Waals surface area contributed by atoms with Crippen molar-refractivity contribution in [3.05, 3.63) is 244 Å². The number of ether oxygens (including phenoxy) is 5. The highest BCUT2D eigenvalue weighted by molar-refractivity contribution is 7.54. The number of anilines is 3. The number of hydrogen-bond acceptors (Lipinski definition) is 24. The number of esters is 1. The van der Waals surface area contributed by atoms with Crippen LogP contribution in [0.25, 0.3) is 0 Å². The monoisotopic (exact) mass is 1600 g/mol. The average Bonchev–Trinajstić information content (AvgIpc) is 0.778. The Morgan fingerprint density at radius 1 is 0.438 bits per heavy atom. The van der Waals surface area contributed by atoms with Crippen LogP contribution in [-0.4, -0.2) is 235 Å². The Hall–Kier alpha value is -9.79. The molecule has 11 atom stereocenters. The van der Waals surface area contributed by atoms with Gasteiger partial charge in [-0.2, -0.15) is 15.0 Å². The van der Waals surface area contributed by atoms with Crippen molar-refractivity contribution in [2.45, 2.75) is 56.3 Å². The van der Waals surface area contributed by atoms with Crippen LogP contribution in [0, 0.1) is 6.92 Å². The molecule has 4 aliphatic heterocycles. The molecule has 41 heteroatoms. The topological polar surface area (TPSA) is 420 Å². The number of nitrogens with one attached hydrogen (secondary N) is 5. The maximum absolute atomic E-state index is 16.3. The largest absolute Gasteiger partial charge is 0.459 e. The summed E-state index contributed by atoms with van der Waals surface area (Å²) < 4.78 is 112. The van der Waals surface area contributed by atoms with Crippen molar-refractivity contribution >= 4 is 64.2 Å². The summed E-state index contributed by atoms with van der Waals surface area (Å²) in [5.41, 5.74) is -2.78. The van der Waals surface area contributed by atoms with Crippen LogP contribution < -0.4 is 49.6 Å². The van der Waals surface area contributed by atoms with E-state index in [0.29, 0.717) is 11.1 Å². The first-order valence-electron chi connectivity index (χ1n) is 35.4.